The second-order valence-corrected chi connectivity index (χ2v) is 8.06. The van der Waals surface area contributed by atoms with Crippen LogP contribution in [0.15, 0.2) is 48.5 Å². The Kier molecular flexibility index (Phi) is 6.79. The lowest BCUT2D eigenvalue weighted by Crippen LogP contribution is -2.25. The topological polar surface area (TPSA) is 51.2 Å². The van der Waals surface area contributed by atoms with E-state index in [1.807, 2.05) is 24.3 Å². The number of Topliss-reactive ketones (excluding diaryl/α,β-unsaturated/α-hetero) is 3. The summed E-state index contributed by atoms with van der Waals surface area (Å²) >= 11 is 5.86. The average molecular weight is 397 g/mol. The first-order valence-electron chi connectivity index (χ1n) is 9.89. The van der Waals surface area contributed by atoms with Crippen molar-refractivity contribution in [3.05, 3.63) is 70.2 Å². The number of hydrogen-bond acceptors (Lipinski definition) is 3. The Morgan fingerprint density at radius 1 is 0.893 bits per heavy atom. The zero-order valence-corrected chi connectivity index (χ0v) is 16.9. The summed E-state index contributed by atoms with van der Waals surface area (Å²) in [7, 11) is 0. The van der Waals surface area contributed by atoms with Crippen LogP contribution in [-0.4, -0.2) is 17.3 Å². The summed E-state index contributed by atoms with van der Waals surface area (Å²) in [5.74, 6) is -1.21. The number of benzene rings is 2. The minimum absolute atomic E-state index is 0.112. The molecule has 3 nitrogen and oxygen atoms in total. The smallest absolute Gasteiger partial charge is 0.173 e. The SMILES string of the molecule is CC(=O)C(CC(=O)c1ccc(C2CCCCC2)cc1)C(=O)c1ccc(Cl)cc1. The fourth-order valence-corrected chi connectivity index (χ4v) is 4.04. The lowest BCUT2D eigenvalue weighted by atomic mass is 9.83. The first kappa shape index (κ1) is 20.5. The van der Waals surface area contributed by atoms with E-state index in [1.54, 1.807) is 24.3 Å². The fourth-order valence-electron chi connectivity index (χ4n) is 3.92. The van der Waals surface area contributed by atoms with Gasteiger partial charge in [0.25, 0.3) is 0 Å². The van der Waals surface area contributed by atoms with Crippen molar-refractivity contribution in [2.45, 2.75) is 51.4 Å². The zero-order chi connectivity index (χ0) is 20.1. The van der Waals surface area contributed by atoms with E-state index in [0.29, 0.717) is 22.1 Å². The molecular formula is C24H25ClO3. The van der Waals surface area contributed by atoms with Gasteiger partial charge in [0.2, 0.25) is 0 Å². The van der Waals surface area contributed by atoms with Gasteiger partial charge in [-0.2, -0.15) is 0 Å². The first-order chi connectivity index (χ1) is 13.5. The monoisotopic (exact) mass is 396 g/mol. The molecule has 3 rings (SSSR count). The number of rotatable bonds is 7. The van der Waals surface area contributed by atoms with Crippen molar-refractivity contribution in [1.82, 2.24) is 0 Å². The van der Waals surface area contributed by atoms with Crippen molar-refractivity contribution in [2.75, 3.05) is 0 Å². The molecule has 28 heavy (non-hydrogen) atoms. The highest BCUT2D eigenvalue weighted by molar-refractivity contribution is 6.30. The first-order valence-corrected chi connectivity index (χ1v) is 10.3. The minimum atomic E-state index is -0.966. The predicted octanol–water partition coefficient (Wildman–Crippen LogP) is 6.05. The Morgan fingerprint density at radius 3 is 2.04 bits per heavy atom. The summed E-state index contributed by atoms with van der Waals surface area (Å²) in [6.07, 6.45) is 6.13. The molecule has 1 fully saturated rings. The molecule has 1 aliphatic carbocycles. The molecule has 0 amide bonds. The zero-order valence-electron chi connectivity index (χ0n) is 16.1. The molecule has 1 saturated carbocycles. The summed E-state index contributed by atoms with van der Waals surface area (Å²) in [5.41, 5.74) is 2.22. The maximum atomic E-state index is 12.7. The number of halogens is 1. The molecule has 0 radical (unpaired) electrons. The molecular weight excluding hydrogens is 372 g/mol. The molecule has 1 unspecified atom stereocenters. The summed E-state index contributed by atoms with van der Waals surface area (Å²) in [5, 5.41) is 0.519. The Bertz CT molecular complexity index is 846. The van der Waals surface area contributed by atoms with Crippen LogP contribution in [0.25, 0.3) is 0 Å². The van der Waals surface area contributed by atoms with E-state index in [2.05, 4.69) is 0 Å². The number of carbonyl (C=O) groups is 3. The third-order valence-corrected chi connectivity index (χ3v) is 5.89. The van der Waals surface area contributed by atoms with Gasteiger partial charge in [-0.1, -0.05) is 55.1 Å². The molecule has 0 bridgehead atoms. The molecule has 146 valence electrons. The lowest BCUT2D eigenvalue weighted by molar-refractivity contribution is -0.119. The van der Waals surface area contributed by atoms with Crippen molar-refractivity contribution < 1.29 is 14.4 Å². The molecule has 0 aliphatic heterocycles. The van der Waals surface area contributed by atoms with E-state index in [-0.39, 0.29) is 23.8 Å². The number of hydrogen-bond donors (Lipinski definition) is 0. The highest BCUT2D eigenvalue weighted by Gasteiger charge is 2.28. The van der Waals surface area contributed by atoms with Gasteiger partial charge in [-0.3, -0.25) is 14.4 Å². The Balaban J connectivity index is 1.70. The van der Waals surface area contributed by atoms with E-state index in [1.165, 1.54) is 44.6 Å². The minimum Gasteiger partial charge on any atom is -0.299 e. The second-order valence-electron chi connectivity index (χ2n) is 7.62. The van der Waals surface area contributed by atoms with Crippen LogP contribution in [0.5, 0.6) is 0 Å². The van der Waals surface area contributed by atoms with E-state index < -0.39 is 5.92 Å². The van der Waals surface area contributed by atoms with Gasteiger partial charge in [-0.15, -0.1) is 0 Å². The quantitative estimate of drug-likeness (QED) is 0.423. The van der Waals surface area contributed by atoms with Gasteiger partial charge >= 0.3 is 0 Å². The van der Waals surface area contributed by atoms with Gasteiger partial charge in [0.05, 0.1) is 5.92 Å². The lowest BCUT2D eigenvalue weighted by Gasteiger charge is -2.22. The van der Waals surface area contributed by atoms with Crippen LogP contribution < -0.4 is 0 Å². The van der Waals surface area contributed by atoms with E-state index in [0.717, 1.165) is 0 Å². The third-order valence-electron chi connectivity index (χ3n) is 5.63. The Morgan fingerprint density at radius 2 is 1.46 bits per heavy atom. The van der Waals surface area contributed by atoms with Crippen LogP contribution in [0.4, 0.5) is 0 Å². The molecule has 1 atom stereocenters. The van der Waals surface area contributed by atoms with Gasteiger partial charge < -0.3 is 0 Å². The standard InChI is InChI=1S/C24H25ClO3/c1-16(26)22(24(28)20-11-13-21(25)14-12-20)15-23(27)19-9-7-18(8-10-19)17-5-3-2-4-6-17/h7-14,17,22H,2-6,15H2,1H3. The largest absolute Gasteiger partial charge is 0.299 e. The van der Waals surface area contributed by atoms with Gasteiger partial charge in [0.1, 0.15) is 5.78 Å². The Hall–Kier alpha value is -2.26. The highest BCUT2D eigenvalue weighted by Crippen LogP contribution is 2.32. The second kappa shape index (κ2) is 9.29. The van der Waals surface area contributed by atoms with Crippen LogP contribution in [0.2, 0.25) is 5.02 Å². The molecule has 2 aromatic rings. The van der Waals surface area contributed by atoms with Crippen LogP contribution in [-0.2, 0) is 4.79 Å². The van der Waals surface area contributed by atoms with Crippen LogP contribution >= 0.6 is 11.6 Å². The highest BCUT2D eigenvalue weighted by atomic mass is 35.5. The predicted molar refractivity (Wildman–Crippen MR) is 111 cm³/mol. The molecule has 4 heteroatoms. The fraction of sp³-hybridized carbons (Fsp3) is 0.375. The maximum absolute atomic E-state index is 12.7. The van der Waals surface area contributed by atoms with E-state index in [4.69, 9.17) is 11.6 Å². The van der Waals surface area contributed by atoms with Gasteiger partial charge in [-0.25, -0.2) is 0 Å². The summed E-state index contributed by atoms with van der Waals surface area (Å²) in [6, 6.07) is 14.1. The third kappa shape index (κ3) is 4.96. The summed E-state index contributed by atoms with van der Waals surface area (Å²) in [6.45, 7) is 1.36. The van der Waals surface area contributed by atoms with E-state index in [9.17, 15) is 14.4 Å². The molecule has 0 spiro atoms. The van der Waals surface area contributed by atoms with Gasteiger partial charge in [0, 0.05) is 22.6 Å². The molecule has 0 heterocycles. The number of carbonyl (C=O) groups excluding carboxylic acids is 3. The Labute approximate surface area is 171 Å². The van der Waals surface area contributed by atoms with Gasteiger partial charge in [0.15, 0.2) is 11.6 Å². The maximum Gasteiger partial charge on any atom is 0.173 e. The van der Waals surface area contributed by atoms with Crippen molar-refractivity contribution in [3.8, 4) is 0 Å². The molecule has 0 N–H and O–H groups in total. The molecule has 0 aromatic heterocycles. The van der Waals surface area contributed by atoms with Crippen LogP contribution in [0.1, 0.15) is 77.6 Å². The summed E-state index contributed by atoms with van der Waals surface area (Å²) in [4.78, 5) is 37.5. The molecule has 1 aliphatic rings. The van der Waals surface area contributed by atoms with Crippen LogP contribution in [0, 0.1) is 5.92 Å². The van der Waals surface area contributed by atoms with Crippen molar-refractivity contribution >= 4 is 29.0 Å². The summed E-state index contributed by atoms with van der Waals surface area (Å²) < 4.78 is 0. The van der Waals surface area contributed by atoms with Crippen LogP contribution in [0.3, 0.4) is 0 Å². The van der Waals surface area contributed by atoms with Gasteiger partial charge in [-0.05, 0) is 55.5 Å². The normalized spacial score (nSPS) is 15.8. The molecule has 0 saturated heterocycles. The molecule has 2 aromatic carbocycles. The van der Waals surface area contributed by atoms with Crippen molar-refractivity contribution in [3.63, 3.8) is 0 Å². The van der Waals surface area contributed by atoms with Crippen molar-refractivity contribution in [1.29, 1.82) is 0 Å². The van der Waals surface area contributed by atoms with Crippen molar-refractivity contribution in [2.24, 2.45) is 5.92 Å². The van der Waals surface area contributed by atoms with E-state index >= 15 is 0 Å². The average Bonchev–Trinajstić information content (AvgIpc) is 2.72. The number of ketones is 3.